The number of sulfonamides is 1. The van der Waals surface area contributed by atoms with Crippen LogP contribution in [0.2, 0.25) is 0 Å². The Hall–Kier alpha value is -0.600. The van der Waals surface area contributed by atoms with Crippen LogP contribution in [0.3, 0.4) is 0 Å². The summed E-state index contributed by atoms with van der Waals surface area (Å²) in [6, 6.07) is 8.90. The molecule has 0 fully saturated rings. The summed E-state index contributed by atoms with van der Waals surface area (Å²) in [4.78, 5) is 0. The van der Waals surface area contributed by atoms with Crippen molar-refractivity contribution in [1.82, 2.24) is 4.72 Å². The third-order valence-electron chi connectivity index (χ3n) is 3.23. The Bertz CT molecular complexity index is 503. The zero-order chi connectivity index (χ0) is 15.9. The third kappa shape index (κ3) is 5.96. The first-order chi connectivity index (χ1) is 9.93. The largest absolute Gasteiger partial charge is 0.395 e. The van der Waals surface area contributed by atoms with Gasteiger partial charge >= 0.3 is 0 Å². The van der Waals surface area contributed by atoms with Gasteiger partial charge in [0.15, 0.2) is 0 Å². The molecule has 0 aromatic heterocycles. The molecule has 120 valence electrons. The van der Waals surface area contributed by atoms with E-state index in [0.717, 1.165) is 5.56 Å². The minimum absolute atomic E-state index is 0.0722. The van der Waals surface area contributed by atoms with Crippen molar-refractivity contribution in [2.75, 3.05) is 25.7 Å². The SMILES string of the molecule is COC(CS(=O)(=O)NC(C)C(CO)SC)c1ccccc1. The Morgan fingerprint density at radius 2 is 1.95 bits per heavy atom. The maximum absolute atomic E-state index is 12.2. The van der Waals surface area contributed by atoms with Crippen LogP contribution in [0.5, 0.6) is 0 Å². The van der Waals surface area contributed by atoms with Gasteiger partial charge in [-0.3, -0.25) is 0 Å². The maximum Gasteiger partial charge on any atom is 0.214 e. The smallest absolute Gasteiger partial charge is 0.214 e. The predicted molar refractivity (Wildman–Crippen MR) is 87.0 cm³/mol. The highest BCUT2D eigenvalue weighted by atomic mass is 32.2. The fourth-order valence-electron chi connectivity index (χ4n) is 2.01. The second kappa shape index (κ2) is 8.75. The molecule has 2 N–H and O–H groups in total. The van der Waals surface area contributed by atoms with E-state index in [9.17, 15) is 13.5 Å². The molecule has 0 saturated carbocycles. The molecule has 0 aliphatic heterocycles. The molecule has 0 heterocycles. The molecule has 3 unspecified atom stereocenters. The minimum atomic E-state index is -3.50. The van der Waals surface area contributed by atoms with Crippen molar-refractivity contribution in [3.63, 3.8) is 0 Å². The molecule has 21 heavy (non-hydrogen) atoms. The number of methoxy groups -OCH3 is 1. The molecule has 0 amide bonds. The molecule has 1 aromatic carbocycles. The normalized spacial score (nSPS) is 16.4. The van der Waals surface area contributed by atoms with E-state index in [0.29, 0.717) is 0 Å². The number of nitrogens with one attached hydrogen (secondary N) is 1. The number of ether oxygens (including phenoxy) is 1. The Kier molecular flexibility index (Phi) is 7.69. The minimum Gasteiger partial charge on any atom is -0.395 e. The van der Waals surface area contributed by atoms with E-state index in [2.05, 4.69) is 4.72 Å². The van der Waals surface area contributed by atoms with Crippen LogP contribution in [0.15, 0.2) is 30.3 Å². The van der Waals surface area contributed by atoms with E-state index < -0.39 is 16.1 Å². The fraction of sp³-hybridized carbons (Fsp3) is 0.571. The van der Waals surface area contributed by atoms with Crippen molar-refractivity contribution in [3.05, 3.63) is 35.9 Å². The summed E-state index contributed by atoms with van der Waals surface area (Å²) in [6.07, 6.45) is 1.32. The molecule has 1 rings (SSSR count). The summed E-state index contributed by atoms with van der Waals surface area (Å²) in [5.74, 6) is -0.148. The van der Waals surface area contributed by atoms with Crippen molar-refractivity contribution >= 4 is 21.8 Å². The van der Waals surface area contributed by atoms with Crippen LogP contribution in [0.25, 0.3) is 0 Å². The van der Waals surface area contributed by atoms with Crippen LogP contribution in [0, 0.1) is 0 Å². The third-order valence-corrected chi connectivity index (χ3v) is 5.87. The molecular weight excluding hydrogens is 310 g/mol. The Morgan fingerprint density at radius 1 is 1.33 bits per heavy atom. The van der Waals surface area contributed by atoms with Crippen molar-refractivity contribution in [2.24, 2.45) is 0 Å². The van der Waals surface area contributed by atoms with Gasteiger partial charge in [-0.1, -0.05) is 30.3 Å². The quantitative estimate of drug-likeness (QED) is 0.714. The predicted octanol–water partition coefficient (Wildman–Crippen LogP) is 1.41. The summed E-state index contributed by atoms with van der Waals surface area (Å²) in [6.45, 7) is 1.68. The average molecular weight is 333 g/mol. The first-order valence-electron chi connectivity index (χ1n) is 6.65. The lowest BCUT2D eigenvalue weighted by Crippen LogP contribution is -2.43. The maximum atomic E-state index is 12.2. The van der Waals surface area contributed by atoms with Gasteiger partial charge in [-0.2, -0.15) is 11.8 Å². The molecule has 0 saturated heterocycles. The van der Waals surface area contributed by atoms with Gasteiger partial charge in [0, 0.05) is 18.4 Å². The summed E-state index contributed by atoms with van der Waals surface area (Å²) in [7, 11) is -2.01. The first-order valence-corrected chi connectivity index (χ1v) is 9.59. The van der Waals surface area contributed by atoms with Crippen LogP contribution in [0.1, 0.15) is 18.6 Å². The monoisotopic (exact) mass is 333 g/mol. The van der Waals surface area contributed by atoms with Crippen LogP contribution < -0.4 is 4.72 Å². The van der Waals surface area contributed by atoms with E-state index in [4.69, 9.17) is 4.74 Å². The average Bonchev–Trinajstić information content (AvgIpc) is 2.46. The van der Waals surface area contributed by atoms with Gasteiger partial charge in [0.1, 0.15) is 0 Å². The van der Waals surface area contributed by atoms with Gasteiger partial charge in [-0.15, -0.1) is 0 Å². The van der Waals surface area contributed by atoms with E-state index in [1.807, 2.05) is 36.6 Å². The first kappa shape index (κ1) is 18.4. The summed E-state index contributed by atoms with van der Waals surface area (Å²) < 4.78 is 32.4. The second-order valence-electron chi connectivity index (χ2n) is 4.78. The van der Waals surface area contributed by atoms with Gasteiger partial charge in [0.25, 0.3) is 0 Å². The molecule has 0 aliphatic rings. The Morgan fingerprint density at radius 3 is 2.43 bits per heavy atom. The van der Waals surface area contributed by atoms with E-state index in [1.165, 1.54) is 18.9 Å². The molecule has 1 aromatic rings. The molecule has 0 spiro atoms. The highest BCUT2D eigenvalue weighted by Crippen LogP contribution is 2.19. The number of aliphatic hydroxyl groups is 1. The number of hydrogen-bond acceptors (Lipinski definition) is 5. The number of aliphatic hydroxyl groups excluding tert-OH is 1. The molecule has 3 atom stereocenters. The Labute approximate surface area is 131 Å². The van der Waals surface area contributed by atoms with Crippen molar-refractivity contribution in [3.8, 4) is 0 Å². The second-order valence-corrected chi connectivity index (χ2v) is 7.66. The summed E-state index contributed by atoms with van der Waals surface area (Å²) in [5.41, 5.74) is 0.821. The summed E-state index contributed by atoms with van der Waals surface area (Å²) in [5, 5.41) is 9.05. The lowest BCUT2D eigenvalue weighted by atomic mass is 10.1. The zero-order valence-electron chi connectivity index (χ0n) is 12.5. The van der Waals surface area contributed by atoms with Crippen LogP contribution >= 0.6 is 11.8 Å². The zero-order valence-corrected chi connectivity index (χ0v) is 14.2. The molecular formula is C14H23NO4S2. The van der Waals surface area contributed by atoms with Crippen molar-refractivity contribution in [1.29, 1.82) is 0 Å². The van der Waals surface area contributed by atoms with Crippen LogP contribution in [0.4, 0.5) is 0 Å². The van der Waals surface area contributed by atoms with E-state index >= 15 is 0 Å². The van der Waals surface area contributed by atoms with Crippen molar-refractivity contribution in [2.45, 2.75) is 24.3 Å². The lowest BCUT2D eigenvalue weighted by Gasteiger charge is -2.23. The molecule has 0 aliphatic carbocycles. The Balaban J connectivity index is 2.74. The number of benzene rings is 1. The topological polar surface area (TPSA) is 75.6 Å². The number of thioether (sulfide) groups is 1. The van der Waals surface area contributed by atoms with Crippen LogP contribution in [-0.4, -0.2) is 50.5 Å². The van der Waals surface area contributed by atoms with Gasteiger partial charge in [-0.25, -0.2) is 13.1 Å². The number of hydrogen-bond donors (Lipinski definition) is 2. The fourth-order valence-corrected chi connectivity index (χ4v) is 4.28. The van der Waals surface area contributed by atoms with Gasteiger partial charge in [0.2, 0.25) is 10.0 Å². The van der Waals surface area contributed by atoms with E-state index in [-0.39, 0.29) is 23.7 Å². The lowest BCUT2D eigenvalue weighted by molar-refractivity contribution is 0.121. The van der Waals surface area contributed by atoms with E-state index in [1.54, 1.807) is 6.92 Å². The summed E-state index contributed by atoms with van der Waals surface area (Å²) >= 11 is 1.43. The standard InChI is InChI=1S/C14H23NO4S2/c1-11(14(9-16)20-3)15-21(17,18)10-13(19-2)12-7-5-4-6-8-12/h4-8,11,13-16H,9-10H2,1-3H3. The molecule has 0 bridgehead atoms. The molecule has 7 heteroatoms. The molecule has 0 radical (unpaired) electrons. The van der Waals surface area contributed by atoms with Crippen molar-refractivity contribution < 1.29 is 18.3 Å². The molecule has 5 nitrogen and oxygen atoms in total. The number of rotatable bonds is 9. The highest BCUT2D eigenvalue weighted by molar-refractivity contribution is 7.99. The van der Waals surface area contributed by atoms with Gasteiger partial charge in [-0.05, 0) is 18.7 Å². The highest BCUT2D eigenvalue weighted by Gasteiger charge is 2.25. The van der Waals surface area contributed by atoms with Gasteiger partial charge in [0.05, 0.1) is 18.5 Å². The van der Waals surface area contributed by atoms with Crippen LogP contribution in [-0.2, 0) is 14.8 Å². The van der Waals surface area contributed by atoms with Gasteiger partial charge < -0.3 is 9.84 Å².